The summed E-state index contributed by atoms with van der Waals surface area (Å²) in [6.45, 7) is 5.20. The van der Waals surface area contributed by atoms with Crippen molar-refractivity contribution in [3.05, 3.63) is 71.7 Å². The Morgan fingerprint density at radius 3 is 2.74 bits per heavy atom. The van der Waals surface area contributed by atoms with Crippen molar-refractivity contribution in [3.63, 3.8) is 0 Å². The normalized spacial score (nSPS) is 25.8. The summed E-state index contributed by atoms with van der Waals surface area (Å²) >= 11 is 0. The van der Waals surface area contributed by atoms with Gasteiger partial charge in [-0.1, -0.05) is 30.3 Å². The number of likely N-dealkylation sites (tertiary alicyclic amines) is 1. The fourth-order valence-electron chi connectivity index (χ4n) is 7.85. The van der Waals surface area contributed by atoms with E-state index in [1.165, 1.54) is 68.4 Å². The molecule has 3 saturated heterocycles. The summed E-state index contributed by atoms with van der Waals surface area (Å²) in [6.07, 6.45) is 9.91. The van der Waals surface area contributed by atoms with E-state index in [9.17, 15) is 9.18 Å². The number of para-hydroxylation sites is 1. The Hall–Kier alpha value is -2.70. The number of carbonyl (C=O) groups excluding carboxylic acids is 1. The number of nitrogens with zero attached hydrogens (tertiary/aromatic N) is 3. The second-order valence-corrected chi connectivity index (χ2v) is 11.6. The first-order chi connectivity index (χ1) is 18.6. The van der Waals surface area contributed by atoms with Crippen molar-refractivity contribution in [3.8, 4) is 0 Å². The van der Waals surface area contributed by atoms with Crippen molar-refractivity contribution >= 4 is 16.9 Å². The Balaban J connectivity index is 1.29. The molecule has 202 valence electrons. The topological polar surface area (TPSA) is 37.7 Å². The maximum atomic E-state index is 13.9. The van der Waals surface area contributed by atoms with E-state index in [-0.39, 0.29) is 11.8 Å². The molecule has 6 rings (SSSR count). The molecular formula is C32H40FN3O2. The van der Waals surface area contributed by atoms with Gasteiger partial charge in [0.25, 0.3) is 0 Å². The van der Waals surface area contributed by atoms with Crippen LogP contribution in [0.4, 0.5) is 4.39 Å². The van der Waals surface area contributed by atoms with E-state index >= 15 is 0 Å². The largest absolute Gasteiger partial charge is 0.469 e. The summed E-state index contributed by atoms with van der Waals surface area (Å²) in [5, 5.41) is 1.29. The third kappa shape index (κ3) is 5.13. The number of fused-ring (bicyclic) bond motifs is 1. The van der Waals surface area contributed by atoms with Crippen LogP contribution in [0, 0.1) is 17.7 Å². The number of hydrogen-bond donors (Lipinski definition) is 0. The fraction of sp³-hybridized carbons (Fsp3) is 0.531. The number of esters is 1. The Kier molecular flexibility index (Phi) is 7.53. The Morgan fingerprint density at radius 1 is 1.05 bits per heavy atom. The third-order valence-electron chi connectivity index (χ3n) is 9.37. The molecule has 2 aromatic carbocycles. The highest BCUT2D eigenvalue weighted by Gasteiger charge is 2.48. The van der Waals surface area contributed by atoms with Crippen LogP contribution >= 0.6 is 0 Å². The highest BCUT2D eigenvalue weighted by Crippen LogP contribution is 2.44. The van der Waals surface area contributed by atoms with Gasteiger partial charge in [0.15, 0.2) is 0 Å². The number of aromatic nitrogens is 1. The number of benzene rings is 2. The van der Waals surface area contributed by atoms with Crippen LogP contribution in [0.3, 0.4) is 0 Å². The number of hydrogen-bond acceptors (Lipinski definition) is 4. The van der Waals surface area contributed by atoms with Crippen LogP contribution in [0.1, 0.15) is 56.1 Å². The van der Waals surface area contributed by atoms with Crippen LogP contribution in [0.2, 0.25) is 0 Å². The number of halogens is 1. The van der Waals surface area contributed by atoms with Crippen LogP contribution in [0.25, 0.3) is 10.9 Å². The smallest absolute Gasteiger partial charge is 0.305 e. The number of carbonyl (C=O) groups is 1. The molecule has 4 atom stereocenters. The number of rotatable bonds is 8. The number of ether oxygens (including phenoxy) is 1. The molecule has 3 aliphatic rings. The second-order valence-electron chi connectivity index (χ2n) is 11.6. The summed E-state index contributed by atoms with van der Waals surface area (Å²) in [5.41, 5.74) is 3.52. The molecule has 0 unspecified atom stereocenters. The maximum Gasteiger partial charge on any atom is 0.305 e. The average Bonchev–Trinajstić information content (AvgIpc) is 3.27. The van der Waals surface area contributed by atoms with E-state index in [0.29, 0.717) is 31.0 Å². The Labute approximate surface area is 225 Å². The molecule has 5 nitrogen and oxygen atoms in total. The van der Waals surface area contributed by atoms with Crippen molar-refractivity contribution in [1.82, 2.24) is 14.4 Å². The van der Waals surface area contributed by atoms with E-state index in [4.69, 9.17) is 4.74 Å². The molecule has 0 spiro atoms. The van der Waals surface area contributed by atoms with E-state index in [1.807, 2.05) is 6.07 Å². The van der Waals surface area contributed by atoms with Gasteiger partial charge in [-0.2, -0.15) is 0 Å². The van der Waals surface area contributed by atoms with E-state index in [2.05, 4.69) is 44.8 Å². The zero-order valence-corrected chi connectivity index (χ0v) is 22.5. The molecule has 3 aliphatic heterocycles. The standard InChI is InChI=1S/C32H40FN3O2/c1-38-31(37)15-5-14-30-28-12-7-17-34-16-6-9-24(32(28)34)20-36(30)22-25-21-35(29-13-3-2-11-27(25)29)19-23-8-4-10-26(33)18-23/h2-4,8,10-11,13,18,21,24,28,30,32H,5-7,9,12,14-17,19-20,22H2,1H3/t24-,28-,30-,32+/m1/s1. The molecular weight excluding hydrogens is 477 g/mol. The predicted molar refractivity (Wildman–Crippen MR) is 148 cm³/mol. The minimum Gasteiger partial charge on any atom is -0.469 e. The maximum absolute atomic E-state index is 13.9. The van der Waals surface area contributed by atoms with Gasteiger partial charge in [0.2, 0.25) is 0 Å². The molecule has 38 heavy (non-hydrogen) atoms. The summed E-state index contributed by atoms with van der Waals surface area (Å²) in [4.78, 5) is 17.5. The van der Waals surface area contributed by atoms with Crippen molar-refractivity contribution in [2.75, 3.05) is 26.7 Å². The quantitative estimate of drug-likeness (QED) is 0.352. The van der Waals surface area contributed by atoms with Gasteiger partial charge >= 0.3 is 5.97 Å². The molecule has 4 heterocycles. The monoisotopic (exact) mass is 517 g/mol. The van der Waals surface area contributed by atoms with Gasteiger partial charge in [0, 0.05) is 55.2 Å². The molecule has 0 amide bonds. The lowest BCUT2D eigenvalue weighted by Crippen LogP contribution is -2.64. The first-order valence-corrected chi connectivity index (χ1v) is 14.5. The molecule has 0 radical (unpaired) electrons. The lowest BCUT2D eigenvalue weighted by atomic mass is 9.69. The van der Waals surface area contributed by atoms with Gasteiger partial charge in [-0.25, -0.2) is 4.39 Å². The average molecular weight is 518 g/mol. The summed E-state index contributed by atoms with van der Waals surface area (Å²) in [5.74, 6) is 1.10. The van der Waals surface area contributed by atoms with Crippen molar-refractivity contribution in [2.24, 2.45) is 11.8 Å². The SMILES string of the molecule is COC(=O)CCC[C@@H]1[C@H]2CCCN3CCC[C@H](CN1Cc1cn(Cc4cccc(F)c4)c4ccccc14)[C@@H]23. The summed E-state index contributed by atoms with van der Waals surface area (Å²) in [7, 11) is 1.49. The minimum absolute atomic E-state index is 0.103. The lowest BCUT2D eigenvalue weighted by molar-refractivity contribution is -0.141. The summed E-state index contributed by atoms with van der Waals surface area (Å²) < 4.78 is 21.1. The zero-order chi connectivity index (χ0) is 26.1. The van der Waals surface area contributed by atoms with Gasteiger partial charge in [-0.05, 0) is 92.8 Å². The second kappa shape index (κ2) is 11.2. The van der Waals surface area contributed by atoms with Crippen molar-refractivity contribution in [2.45, 2.75) is 70.1 Å². The van der Waals surface area contributed by atoms with Crippen molar-refractivity contribution < 1.29 is 13.9 Å². The van der Waals surface area contributed by atoms with Crippen LogP contribution in [0.15, 0.2) is 54.7 Å². The molecule has 1 aromatic heterocycles. The minimum atomic E-state index is -0.189. The van der Waals surface area contributed by atoms with Crippen LogP contribution in [0.5, 0.6) is 0 Å². The predicted octanol–water partition coefficient (Wildman–Crippen LogP) is 5.85. The van der Waals surface area contributed by atoms with Gasteiger partial charge < -0.3 is 9.30 Å². The van der Waals surface area contributed by atoms with Gasteiger partial charge in [0.05, 0.1) is 7.11 Å². The van der Waals surface area contributed by atoms with Crippen LogP contribution < -0.4 is 0 Å². The van der Waals surface area contributed by atoms with Crippen molar-refractivity contribution in [1.29, 1.82) is 0 Å². The van der Waals surface area contributed by atoms with Gasteiger partial charge in [-0.3, -0.25) is 14.6 Å². The van der Waals surface area contributed by atoms with Gasteiger partial charge in [0.1, 0.15) is 5.82 Å². The summed E-state index contributed by atoms with van der Waals surface area (Å²) in [6, 6.07) is 16.7. The Morgan fingerprint density at radius 2 is 1.89 bits per heavy atom. The van der Waals surface area contributed by atoms with Crippen LogP contribution in [-0.4, -0.2) is 59.2 Å². The molecule has 3 fully saturated rings. The number of piperidine rings is 3. The van der Waals surface area contributed by atoms with E-state index in [1.54, 1.807) is 12.1 Å². The van der Waals surface area contributed by atoms with E-state index < -0.39 is 0 Å². The number of methoxy groups -OCH3 is 1. The molecule has 0 bridgehead atoms. The zero-order valence-electron chi connectivity index (χ0n) is 22.5. The fourth-order valence-corrected chi connectivity index (χ4v) is 7.85. The molecule has 0 aliphatic carbocycles. The Bertz CT molecular complexity index is 1270. The third-order valence-corrected chi connectivity index (χ3v) is 9.37. The van der Waals surface area contributed by atoms with E-state index in [0.717, 1.165) is 37.4 Å². The molecule has 0 saturated carbocycles. The molecule has 0 N–H and O–H groups in total. The lowest BCUT2D eigenvalue weighted by Gasteiger charge is -2.57. The van der Waals surface area contributed by atoms with Gasteiger partial charge in [-0.15, -0.1) is 0 Å². The molecule has 3 aromatic rings. The highest BCUT2D eigenvalue weighted by molar-refractivity contribution is 5.84. The van der Waals surface area contributed by atoms with Crippen LogP contribution in [-0.2, 0) is 22.6 Å². The highest BCUT2D eigenvalue weighted by atomic mass is 19.1. The first kappa shape index (κ1) is 25.6. The molecule has 6 heteroatoms. The first-order valence-electron chi connectivity index (χ1n) is 14.5.